The number of hydrogen-bond acceptors (Lipinski definition) is 4. The summed E-state index contributed by atoms with van der Waals surface area (Å²) in [5.41, 5.74) is 3.20. The van der Waals surface area contributed by atoms with Gasteiger partial charge in [-0.25, -0.2) is 0 Å². The molecule has 0 spiro atoms. The maximum Gasteiger partial charge on any atom is 0.161 e. The second-order valence-corrected chi connectivity index (χ2v) is 4.75. The summed E-state index contributed by atoms with van der Waals surface area (Å²) >= 11 is 0. The summed E-state index contributed by atoms with van der Waals surface area (Å²) in [6, 6.07) is 19.6. The van der Waals surface area contributed by atoms with Crippen molar-refractivity contribution in [2.45, 2.75) is 6.92 Å². The predicted octanol–water partition coefficient (Wildman–Crippen LogP) is 5.57. The number of rotatable bonds is 4. The zero-order valence-corrected chi connectivity index (χ0v) is 12.2. The van der Waals surface area contributed by atoms with E-state index < -0.39 is 0 Å². The normalized spacial score (nSPS) is 11.5. The summed E-state index contributed by atoms with van der Waals surface area (Å²) in [6.45, 7) is 1.83. The van der Waals surface area contributed by atoms with Crippen molar-refractivity contribution in [2.75, 3.05) is 0 Å². The van der Waals surface area contributed by atoms with Crippen LogP contribution in [0.4, 0.5) is 11.4 Å². The van der Waals surface area contributed by atoms with Crippen LogP contribution in [0, 0.1) is 6.92 Å². The van der Waals surface area contributed by atoms with Crippen LogP contribution < -0.4 is 0 Å². The molecule has 0 saturated heterocycles. The van der Waals surface area contributed by atoms with Crippen molar-refractivity contribution in [3.05, 3.63) is 77.7 Å². The van der Waals surface area contributed by atoms with E-state index in [2.05, 4.69) is 15.4 Å². The quantitative estimate of drug-likeness (QED) is 0.589. The maximum atomic E-state index is 5.22. The molecule has 1 aromatic heterocycles. The van der Waals surface area contributed by atoms with Crippen molar-refractivity contribution in [1.29, 1.82) is 0 Å². The van der Waals surface area contributed by atoms with Gasteiger partial charge in [0.1, 0.15) is 5.69 Å². The van der Waals surface area contributed by atoms with Gasteiger partial charge in [0.25, 0.3) is 0 Å². The first-order valence-electron chi connectivity index (χ1n) is 6.99. The largest absolute Gasteiger partial charge is 0.359 e. The molecule has 108 valence electrons. The van der Waals surface area contributed by atoms with Crippen LogP contribution in [-0.2, 0) is 0 Å². The van der Waals surface area contributed by atoms with Crippen LogP contribution in [0.5, 0.6) is 0 Å². The highest BCUT2D eigenvalue weighted by atomic mass is 16.5. The molecule has 0 fully saturated rings. The van der Waals surface area contributed by atoms with Gasteiger partial charge in [-0.15, -0.1) is 5.11 Å². The highest BCUT2D eigenvalue weighted by Gasteiger charge is 2.09. The van der Waals surface area contributed by atoms with Crippen molar-refractivity contribution >= 4 is 23.5 Å². The Kier molecular flexibility index (Phi) is 4.20. The first kappa shape index (κ1) is 13.9. The highest BCUT2D eigenvalue weighted by molar-refractivity contribution is 5.73. The fraction of sp³-hybridized carbons (Fsp3) is 0.0556. The van der Waals surface area contributed by atoms with Crippen LogP contribution >= 0.6 is 0 Å². The molecule has 0 saturated carbocycles. The lowest BCUT2D eigenvalue weighted by Gasteiger charge is -1.93. The molecule has 1 heterocycles. The second-order valence-electron chi connectivity index (χ2n) is 4.75. The first-order valence-corrected chi connectivity index (χ1v) is 6.99. The number of aromatic nitrogens is 1. The average Bonchev–Trinajstić information content (AvgIpc) is 2.93. The number of azo groups is 1. The Balaban J connectivity index is 1.85. The lowest BCUT2D eigenvalue weighted by Crippen LogP contribution is -1.73. The lowest BCUT2D eigenvalue weighted by atomic mass is 10.2. The van der Waals surface area contributed by atoms with Gasteiger partial charge in [0, 0.05) is 0 Å². The SMILES string of the molecule is Cc1onc(/C=C\c2ccccc2)c1N=Nc1ccccc1. The molecule has 0 amide bonds. The molecule has 0 unspecified atom stereocenters. The second kappa shape index (κ2) is 6.63. The minimum atomic E-state index is 0.646. The summed E-state index contributed by atoms with van der Waals surface area (Å²) in [5.74, 6) is 0.646. The van der Waals surface area contributed by atoms with Gasteiger partial charge in [-0.1, -0.05) is 59.8 Å². The molecule has 0 radical (unpaired) electrons. The standard InChI is InChI=1S/C18H15N3O/c1-14-18(20-19-16-10-6-3-7-11-16)17(21-22-14)13-12-15-8-4-2-5-9-15/h2-13H,1H3/b13-12-,20-19?. The van der Waals surface area contributed by atoms with E-state index in [1.807, 2.05) is 79.7 Å². The van der Waals surface area contributed by atoms with Crippen LogP contribution in [0.15, 0.2) is 75.4 Å². The van der Waals surface area contributed by atoms with Crippen LogP contribution in [0.3, 0.4) is 0 Å². The molecule has 0 aliphatic rings. The Hall–Kier alpha value is -3.01. The van der Waals surface area contributed by atoms with Crippen LogP contribution in [0.2, 0.25) is 0 Å². The Labute approximate surface area is 128 Å². The average molecular weight is 289 g/mol. The topological polar surface area (TPSA) is 50.8 Å². The third-order valence-corrected chi connectivity index (χ3v) is 3.11. The molecule has 3 aromatic rings. The van der Waals surface area contributed by atoms with Gasteiger partial charge in [0.2, 0.25) is 0 Å². The van der Waals surface area contributed by atoms with Crippen LogP contribution in [0.1, 0.15) is 17.0 Å². The molecule has 0 N–H and O–H groups in total. The summed E-state index contributed by atoms with van der Waals surface area (Å²) < 4.78 is 5.22. The zero-order chi connectivity index (χ0) is 15.2. The van der Waals surface area contributed by atoms with E-state index >= 15 is 0 Å². The van der Waals surface area contributed by atoms with Crippen molar-refractivity contribution < 1.29 is 4.52 Å². The summed E-state index contributed by atoms with van der Waals surface area (Å²) in [4.78, 5) is 0. The molecule has 3 rings (SSSR count). The molecule has 0 bridgehead atoms. The Morgan fingerprint density at radius 1 is 0.864 bits per heavy atom. The first-order chi connectivity index (χ1) is 10.8. The predicted molar refractivity (Wildman–Crippen MR) is 87.2 cm³/mol. The van der Waals surface area contributed by atoms with E-state index in [9.17, 15) is 0 Å². The monoisotopic (exact) mass is 289 g/mol. The fourth-order valence-corrected chi connectivity index (χ4v) is 1.96. The van der Waals surface area contributed by atoms with E-state index in [1.54, 1.807) is 0 Å². The molecule has 0 aliphatic heterocycles. The smallest absolute Gasteiger partial charge is 0.161 e. The van der Waals surface area contributed by atoms with Gasteiger partial charge in [-0.05, 0) is 30.7 Å². The zero-order valence-electron chi connectivity index (χ0n) is 12.2. The third-order valence-electron chi connectivity index (χ3n) is 3.11. The van der Waals surface area contributed by atoms with Crippen molar-refractivity contribution in [1.82, 2.24) is 5.16 Å². The molecule has 0 aliphatic carbocycles. The van der Waals surface area contributed by atoms with E-state index in [1.165, 1.54) is 0 Å². The Morgan fingerprint density at radius 2 is 1.55 bits per heavy atom. The molecular formula is C18H15N3O. The summed E-state index contributed by atoms with van der Waals surface area (Å²) in [6.07, 6.45) is 3.85. The van der Waals surface area contributed by atoms with E-state index in [4.69, 9.17) is 4.52 Å². The molecule has 22 heavy (non-hydrogen) atoms. The van der Waals surface area contributed by atoms with Gasteiger partial charge < -0.3 is 4.52 Å². The minimum Gasteiger partial charge on any atom is -0.359 e. The molecule has 4 heteroatoms. The lowest BCUT2D eigenvalue weighted by molar-refractivity contribution is 0.396. The van der Waals surface area contributed by atoms with E-state index in [-0.39, 0.29) is 0 Å². The van der Waals surface area contributed by atoms with E-state index in [0.717, 1.165) is 11.3 Å². The highest BCUT2D eigenvalue weighted by Crippen LogP contribution is 2.27. The van der Waals surface area contributed by atoms with Crippen LogP contribution in [-0.4, -0.2) is 5.16 Å². The molecule has 4 nitrogen and oxygen atoms in total. The van der Waals surface area contributed by atoms with Crippen molar-refractivity contribution in [2.24, 2.45) is 10.2 Å². The number of hydrogen-bond donors (Lipinski definition) is 0. The maximum absolute atomic E-state index is 5.22. The summed E-state index contributed by atoms with van der Waals surface area (Å²) in [7, 11) is 0. The van der Waals surface area contributed by atoms with Gasteiger partial charge in [-0.2, -0.15) is 5.11 Å². The van der Waals surface area contributed by atoms with Gasteiger partial charge in [0.05, 0.1) is 5.69 Å². The number of benzene rings is 2. The Bertz CT molecular complexity index is 790. The Morgan fingerprint density at radius 3 is 2.27 bits per heavy atom. The molecular weight excluding hydrogens is 274 g/mol. The number of nitrogens with zero attached hydrogens (tertiary/aromatic N) is 3. The summed E-state index contributed by atoms with van der Waals surface area (Å²) in [5, 5.41) is 12.5. The molecule has 2 aromatic carbocycles. The van der Waals surface area contributed by atoms with Crippen molar-refractivity contribution in [3.8, 4) is 0 Å². The van der Waals surface area contributed by atoms with Gasteiger partial charge in [0.15, 0.2) is 11.4 Å². The van der Waals surface area contributed by atoms with Crippen LogP contribution in [0.25, 0.3) is 12.2 Å². The van der Waals surface area contributed by atoms with Crippen molar-refractivity contribution in [3.63, 3.8) is 0 Å². The molecule has 0 atom stereocenters. The fourth-order valence-electron chi connectivity index (χ4n) is 1.96. The van der Waals surface area contributed by atoms with Gasteiger partial charge in [-0.3, -0.25) is 0 Å². The van der Waals surface area contributed by atoms with Gasteiger partial charge >= 0.3 is 0 Å². The van der Waals surface area contributed by atoms with E-state index in [0.29, 0.717) is 17.1 Å². The number of aryl methyl sites for hydroxylation is 1. The third kappa shape index (κ3) is 3.35. The minimum absolute atomic E-state index is 0.646.